The summed E-state index contributed by atoms with van der Waals surface area (Å²) in [5.74, 6) is 0.896. The Hall–Kier alpha value is -0.0800. The van der Waals surface area contributed by atoms with Gasteiger partial charge in [0.05, 0.1) is 6.73 Å². The van der Waals surface area contributed by atoms with E-state index < -0.39 is 0 Å². The van der Waals surface area contributed by atoms with Crippen LogP contribution >= 0.6 is 0 Å². The minimum absolute atomic E-state index is 0.205. The third-order valence-corrected chi connectivity index (χ3v) is 1.51. The Morgan fingerprint density at radius 1 is 1.62 bits per heavy atom. The highest BCUT2D eigenvalue weighted by Crippen LogP contribution is 2.28. The first-order valence-corrected chi connectivity index (χ1v) is 3.12. The molecular weight excluding hydrogens is 102 g/mol. The van der Waals surface area contributed by atoms with Gasteiger partial charge in [0.2, 0.25) is 0 Å². The van der Waals surface area contributed by atoms with Crippen molar-refractivity contribution in [1.29, 1.82) is 0 Å². The molecule has 0 unspecified atom stereocenters. The summed E-state index contributed by atoms with van der Waals surface area (Å²) in [4.78, 5) is 1.94. The fourth-order valence-electron chi connectivity index (χ4n) is 0.799. The molecule has 0 spiro atoms. The van der Waals surface area contributed by atoms with Crippen molar-refractivity contribution in [2.45, 2.75) is 12.8 Å². The first-order valence-electron chi connectivity index (χ1n) is 3.12. The van der Waals surface area contributed by atoms with Gasteiger partial charge in [-0.05, 0) is 25.8 Å². The van der Waals surface area contributed by atoms with E-state index in [0.29, 0.717) is 0 Å². The van der Waals surface area contributed by atoms with Crippen molar-refractivity contribution in [3.63, 3.8) is 0 Å². The van der Waals surface area contributed by atoms with E-state index in [1.165, 1.54) is 12.8 Å². The molecule has 0 aromatic heterocycles. The van der Waals surface area contributed by atoms with E-state index >= 15 is 0 Å². The summed E-state index contributed by atoms with van der Waals surface area (Å²) in [5.41, 5.74) is 0. The molecule has 2 nitrogen and oxygen atoms in total. The fraction of sp³-hybridized carbons (Fsp3) is 1.00. The van der Waals surface area contributed by atoms with Gasteiger partial charge in [-0.25, -0.2) is 0 Å². The van der Waals surface area contributed by atoms with E-state index in [9.17, 15) is 0 Å². The van der Waals surface area contributed by atoms with Gasteiger partial charge in [0.25, 0.3) is 0 Å². The SMILES string of the molecule is CN(CO)CC1CC1. The second-order valence-electron chi connectivity index (χ2n) is 2.62. The number of aliphatic hydroxyl groups excluding tert-OH is 1. The van der Waals surface area contributed by atoms with Crippen LogP contribution in [0, 0.1) is 5.92 Å². The van der Waals surface area contributed by atoms with E-state index in [-0.39, 0.29) is 6.73 Å². The van der Waals surface area contributed by atoms with E-state index in [4.69, 9.17) is 5.11 Å². The summed E-state index contributed by atoms with van der Waals surface area (Å²) in [5, 5.41) is 8.54. The van der Waals surface area contributed by atoms with Crippen LogP contribution < -0.4 is 0 Å². The molecule has 48 valence electrons. The molecule has 0 atom stereocenters. The Kier molecular flexibility index (Phi) is 1.86. The zero-order valence-electron chi connectivity index (χ0n) is 5.30. The van der Waals surface area contributed by atoms with Gasteiger partial charge in [-0.2, -0.15) is 0 Å². The monoisotopic (exact) mass is 115 g/mol. The zero-order valence-corrected chi connectivity index (χ0v) is 5.30. The third kappa shape index (κ3) is 1.80. The van der Waals surface area contributed by atoms with Crippen molar-refractivity contribution < 1.29 is 5.11 Å². The minimum atomic E-state index is 0.205. The van der Waals surface area contributed by atoms with E-state index in [2.05, 4.69) is 0 Å². The molecule has 1 aliphatic rings. The maximum atomic E-state index is 8.54. The van der Waals surface area contributed by atoms with Crippen LogP contribution in [-0.4, -0.2) is 30.3 Å². The molecule has 8 heavy (non-hydrogen) atoms. The van der Waals surface area contributed by atoms with Crippen molar-refractivity contribution in [3.05, 3.63) is 0 Å². The van der Waals surface area contributed by atoms with Gasteiger partial charge in [0.15, 0.2) is 0 Å². The van der Waals surface area contributed by atoms with Crippen LogP contribution in [0.15, 0.2) is 0 Å². The van der Waals surface area contributed by atoms with E-state index in [0.717, 1.165) is 12.5 Å². The number of rotatable bonds is 3. The predicted molar refractivity (Wildman–Crippen MR) is 32.4 cm³/mol. The number of hydrogen-bond donors (Lipinski definition) is 1. The van der Waals surface area contributed by atoms with Crippen LogP contribution in [0.25, 0.3) is 0 Å². The summed E-state index contributed by atoms with van der Waals surface area (Å²) in [7, 11) is 1.94. The highest BCUT2D eigenvalue weighted by Gasteiger charge is 2.21. The van der Waals surface area contributed by atoms with E-state index in [1.54, 1.807) is 0 Å². The number of nitrogens with zero attached hydrogens (tertiary/aromatic N) is 1. The molecule has 0 bridgehead atoms. The molecule has 1 fully saturated rings. The molecular formula is C6H13NO. The number of aliphatic hydroxyl groups is 1. The van der Waals surface area contributed by atoms with Crippen molar-refractivity contribution in [1.82, 2.24) is 4.90 Å². The highest BCUT2D eigenvalue weighted by atomic mass is 16.3. The Labute approximate surface area is 50.1 Å². The maximum Gasteiger partial charge on any atom is 0.0954 e. The van der Waals surface area contributed by atoms with Gasteiger partial charge in [0.1, 0.15) is 0 Å². The predicted octanol–water partition coefficient (Wildman–Crippen LogP) is 0.278. The molecule has 0 saturated heterocycles. The van der Waals surface area contributed by atoms with Crippen molar-refractivity contribution in [2.75, 3.05) is 20.3 Å². The smallest absolute Gasteiger partial charge is 0.0954 e. The van der Waals surface area contributed by atoms with Crippen LogP contribution in [-0.2, 0) is 0 Å². The first kappa shape index (κ1) is 6.05. The Morgan fingerprint density at radius 2 is 2.25 bits per heavy atom. The molecule has 1 rings (SSSR count). The minimum Gasteiger partial charge on any atom is -0.381 e. The fourth-order valence-corrected chi connectivity index (χ4v) is 0.799. The molecule has 0 aromatic rings. The summed E-state index contributed by atoms with van der Waals surface area (Å²) in [6.07, 6.45) is 2.73. The van der Waals surface area contributed by atoms with Crippen molar-refractivity contribution >= 4 is 0 Å². The Balaban J connectivity index is 1.98. The summed E-state index contributed by atoms with van der Waals surface area (Å²) >= 11 is 0. The van der Waals surface area contributed by atoms with Gasteiger partial charge in [-0.1, -0.05) is 0 Å². The lowest BCUT2D eigenvalue weighted by molar-refractivity contribution is 0.128. The normalized spacial score (nSPS) is 19.9. The molecule has 0 amide bonds. The average molecular weight is 115 g/mol. The molecule has 0 radical (unpaired) electrons. The van der Waals surface area contributed by atoms with Gasteiger partial charge >= 0.3 is 0 Å². The molecule has 2 heteroatoms. The molecule has 0 heterocycles. The lowest BCUT2D eigenvalue weighted by Crippen LogP contribution is -2.21. The summed E-state index contributed by atoms with van der Waals surface area (Å²) < 4.78 is 0. The molecule has 1 N–H and O–H groups in total. The van der Waals surface area contributed by atoms with Gasteiger partial charge in [-0.3, -0.25) is 4.90 Å². The maximum absolute atomic E-state index is 8.54. The molecule has 1 saturated carbocycles. The third-order valence-electron chi connectivity index (χ3n) is 1.51. The summed E-state index contributed by atoms with van der Waals surface area (Å²) in [6, 6.07) is 0. The second kappa shape index (κ2) is 2.46. The highest BCUT2D eigenvalue weighted by molar-refractivity contribution is 4.74. The topological polar surface area (TPSA) is 23.5 Å². The van der Waals surface area contributed by atoms with Crippen molar-refractivity contribution in [2.24, 2.45) is 5.92 Å². The molecule has 0 aliphatic heterocycles. The van der Waals surface area contributed by atoms with Crippen LogP contribution in [0.2, 0.25) is 0 Å². The largest absolute Gasteiger partial charge is 0.381 e. The van der Waals surface area contributed by atoms with Crippen molar-refractivity contribution in [3.8, 4) is 0 Å². The molecule has 0 aromatic carbocycles. The average Bonchev–Trinajstić information content (AvgIpc) is 2.50. The Morgan fingerprint density at radius 3 is 2.62 bits per heavy atom. The number of hydrogen-bond acceptors (Lipinski definition) is 2. The lowest BCUT2D eigenvalue weighted by Gasteiger charge is -2.10. The van der Waals surface area contributed by atoms with Crippen LogP contribution in [0.1, 0.15) is 12.8 Å². The standard InChI is InChI=1S/C6H13NO/c1-7(5-8)4-6-2-3-6/h6,8H,2-5H2,1H3. The Bertz CT molecular complexity index is 70.9. The van der Waals surface area contributed by atoms with Crippen LogP contribution in [0.5, 0.6) is 0 Å². The van der Waals surface area contributed by atoms with Gasteiger partial charge in [0, 0.05) is 6.54 Å². The lowest BCUT2D eigenvalue weighted by atomic mass is 10.4. The quantitative estimate of drug-likeness (QED) is 0.534. The van der Waals surface area contributed by atoms with Gasteiger partial charge in [-0.15, -0.1) is 0 Å². The summed E-state index contributed by atoms with van der Waals surface area (Å²) in [6.45, 7) is 1.28. The van der Waals surface area contributed by atoms with Crippen LogP contribution in [0.4, 0.5) is 0 Å². The van der Waals surface area contributed by atoms with E-state index in [1.807, 2.05) is 11.9 Å². The molecule has 1 aliphatic carbocycles. The zero-order chi connectivity index (χ0) is 5.98. The second-order valence-corrected chi connectivity index (χ2v) is 2.62. The first-order chi connectivity index (χ1) is 3.83. The van der Waals surface area contributed by atoms with Crippen LogP contribution in [0.3, 0.4) is 0 Å². The van der Waals surface area contributed by atoms with Gasteiger partial charge < -0.3 is 5.11 Å².